The van der Waals surface area contributed by atoms with Crippen molar-refractivity contribution in [2.24, 2.45) is 0 Å². The minimum absolute atomic E-state index is 0.311. The van der Waals surface area contributed by atoms with Gasteiger partial charge in [0.2, 0.25) is 0 Å². The lowest BCUT2D eigenvalue weighted by Crippen LogP contribution is -2.33. The Morgan fingerprint density at radius 1 is 0.861 bits per heavy atom. The molecular formula is C29H31N3O4. The minimum atomic E-state index is -0.651. The number of urea groups is 1. The molecule has 186 valence electrons. The highest BCUT2D eigenvalue weighted by Gasteiger charge is 2.26. The van der Waals surface area contributed by atoms with Crippen LogP contribution in [0.15, 0.2) is 72.8 Å². The molecule has 0 saturated carbocycles. The molecule has 0 aromatic heterocycles. The molecule has 3 N–H and O–H groups in total. The van der Waals surface area contributed by atoms with Crippen molar-refractivity contribution in [3.63, 3.8) is 0 Å². The molecule has 0 aliphatic carbocycles. The number of nitrogens with one attached hydrogen (secondary N) is 3. The molecule has 0 spiro atoms. The molecule has 0 bridgehead atoms. The molecule has 7 nitrogen and oxygen atoms in total. The van der Waals surface area contributed by atoms with E-state index in [1.165, 1.54) is 5.56 Å². The fraction of sp³-hybridized carbons (Fsp3) is 0.276. The van der Waals surface area contributed by atoms with Crippen molar-refractivity contribution in [2.75, 3.05) is 17.2 Å². The summed E-state index contributed by atoms with van der Waals surface area (Å²) in [6.07, 6.45) is 4.93. The summed E-state index contributed by atoms with van der Waals surface area (Å²) in [6, 6.07) is 21.5. The molecule has 7 heteroatoms. The Morgan fingerprint density at radius 2 is 1.44 bits per heavy atom. The van der Waals surface area contributed by atoms with Crippen molar-refractivity contribution in [2.45, 2.75) is 45.1 Å². The van der Waals surface area contributed by atoms with Gasteiger partial charge >= 0.3 is 18.0 Å². The van der Waals surface area contributed by atoms with Crippen molar-refractivity contribution in [1.82, 2.24) is 5.32 Å². The lowest BCUT2D eigenvalue weighted by atomic mass is 10.0. The molecule has 1 atom stereocenters. The Bertz CT molecular complexity index is 1180. The van der Waals surface area contributed by atoms with E-state index in [4.69, 9.17) is 4.74 Å². The van der Waals surface area contributed by atoms with Crippen LogP contribution < -0.4 is 16.0 Å². The number of amides is 2. The van der Waals surface area contributed by atoms with Gasteiger partial charge in [0, 0.05) is 11.4 Å². The number of carbonyl (C=O) groups excluding carboxylic acids is 3. The van der Waals surface area contributed by atoms with E-state index in [9.17, 15) is 14.4 Å². The van der Waals surface area contributed by atoms with Gasteiger partial charge in [-0.25, -0.2) is 14.4 Å². The fourth-order valence-electron chi connectivity index (χ4n) is 4.08. The van der Waals surface area contributed by atoms with Gasteiger partial charge in [0.15, 0.2) is 0 Å². The maximum absolute atomic E-state index is 12.4. The van der Waals surface area contributed by atoms with Crippen LogP contribution in [0.4, 0.5) is 16.2 Å². The van der Waals surface area contributed by atoms with E-state index in [2.05, 4.69) is 22.9 Å². The fourth-order valence-corrected chi connectivity index (χ4v) is 4.08. The number of esters is 2. The standard InChI is InChI=1S/C29H31N3O4/c1-2-3-5-20-7-15-24(16-8-20)31-29(35)32-25-17-13-22(14-18-25)21-9-11-23(12-10-21)27(33)36-28(34)26-6-4-19-30-26/h7-18,26,30H,2-6,19H2,1H3,(H2,31,32,35)/t26-/m1/s1. The van der Waals surface area contributed by atoms with Crippen LogP contribution in [0.5, 0.6) is 0 Å². The first-order valence-corrected chi connectivity index (χ1v) is 12.4. The second-order valence-electron chi connectivity index (χ2n) is 8.89. The average molecular weight is 486 g/mol. The molecular weight excluding hydrogens is 454 g/mol. The summed E-state index contributed by atoms with van der Waals surface area (Å²) in [7, 11) is 0. The number of carbonyl (C=O) groups is 3. The zero-order valence-electron chi connectivity index (χ0n) is 20.4. The van der Waals surface area contributed by atoms with E-state index in [-0.39, 0.29) is 6.03 Å². The van der Waals surface area contributed by atoms with Gasteiger partial charge < -0.3 is 20.7 Å². The number of benzene rings is 3. The maximum Gasteiger partial charge on any atom is 0.345 e. The minimum Gasteiger partial charge on any atom is -0.388 e. The third-order valence-electron chi connectivity index (χ3n) is 6.17. The summed E-state index contributed by atoms with van der Waals surface area (Å²) in [6.45, 7) is 2.93. The van der Waals surface area contributed by atoms with Crippen LogP contribution >= 0.6 is 0 Å². The molecule has 36 heavy (non-hydrogen) atoms. The molecule has 4 rings (SSSR count). The number of hydrogen-bond acceptors (Lipinski definition) is 5. The first kappa shape index (κ1) is 25.1. The van der Waals surface area contributed by atoms with Crippen molar-refractivity contribution in [3.8, 4) is 11.1 Å². The van der Waals surface area contributed by atoms with E-state index in [1.54, 1.807) is 24.3 Å². The number of unbranched alkanes of at least 4 members (excludes halogenated alkanes) is 1. The quantitative estimate of drug-likeness (QED) is 0.278. The van der Waals surface area contributed by atoms with E-state index in [1.807, 2.05) is 48.5 Å². The Kier molecular flexibility index (Phi) is 8.47. The number of ether oxygens (including phenoxy) is 1. The highest BCUT2D eigenvalue weighted by Crippen LogP contribution is 2.23. The Morgan fingerprint density at radius 3 is 2.00 bits per heavy atom. The van der Waals surface area contributed by atoms with Crippen LogP contribution in [0.1, 0.15) is 48.5 Å². The second-order valence-corrected chi connectivity index (χ2v) is 8.89. The van der Waals surface area contributed by atoms with E-state index >= 15 is 0 Å². The highest BCUT2D eigenvalue weighted by atomic mass is 16.6. The van der Waals surface area contributed by atoms with Gasteiger partial charge in [0.05, 0.1) is 5.56 Å². The van der Waals surface area contributed by atoms with Crippen molar-refractivity contribution < 1.29 is 19.1 Å². The van der Waals surface area contributed by atoms with Crippen LogP contribution in [0, 0.1) is 0 Å². The molecule has 1 aliphatic rings. The van der Waals surface area contributed by atoms with Crippen molar-refractivity contribution in [3.05, 3.63) is 83.9 Å². The largest absolute Gasteiger partial charge is 0.388 e. The maximum atomic E-state index is 12.4. The van der Waals surface area contributed by atoms with E-state index in [0.29, 0.717) is 17.7 Å². The molecule has 2 amide bonds. The van der Waals surface area contributed by atoms with Crippen LogP contribution in [-0.4, -0.2) is 30.6 Å². The molecule has 0 radical (unpaired) electrons. The number of rotatable bonds is 8. The van der Waals surface area contributed by atoms with Gasteiger partial charge in [0.1, 0.15) is 6.04 Å². The Labute approximate surface area is 211 Å². The molecule has 0 unspecified atom stereocenters. The predicted octanol–water partition coefficient (Wildman–Crippen LogP) is 5.78. The van der Waals surface area contributed by atoms with Crippen molar-refractivity contribution >= 4 is 29.3 Å². The lowest BCUT2D eigenvalue weighted by molar-refractivity contribution is -0.139. The summed E-state index contributed by atoms with van der Waals surface area (Å²) in [5, 5.41) is 8.70. The van der Waals surface area contributed by atoms with Gasteiger partial charge in [-0.15, -0.1) is 0 Å². The smallest absolute Gasteiger partial charge is 0.345 e. The normalized spacial score (nSPS) is 14.8. The second kappa shape index (κ2) is 12.1. The summed E-state index contributed by atoms with van der Waals surface area (Å²) >= 11 is 0. The van der Waals surface area contributed by atoms with Gasteiger partial charge in [-0.05, 0) is 85.3 Å². The van der Waals surface area contributed by atoms with E-state index in [0.717, 1.165) is 49.0 Å². The predicted molar refractivity (Wildman–Crippen MR) is 141 cm³/mol. The number of aryl methyl sites for hydroxylation is 1. The molecule has 3 aromatic carbocycles. The molecule has 3 aromatic rings. The average Bonchev–Trinajstić information content (AvgIpc) is 3.44. The molecule has 1 heterocycles. The first-order chi connectivity index (χ1) is 17.5. The van der Waals surface area contributed by atoms with Crippen LogP contribution in [-0.2, 0) is 16.0 Å². The Hall–Kier alpha value is -3.97. The Balaban J connectivity index is 1.29. The highest BCUT2D eigenvalue weighted by molar-refractivity contribution is 6.00. The first-order valence-electron chi connectivity index (χ1n) is 12.4. The molecule has 1 saturated heterocycles. The summed E-state index contributed by atoms with van der Waals surface area (Å²) < 4.78 is 5.00. The molecule has 1 fully saturated rings. The zero-order chi connectivity index (χ0) is 25.3. The van der Waals surface area contributed by atoms with Gasteiger partial charge in [-0.2, -0.15) is 0 Å². The van der Waals surface area contributed by atoms with E-state index < -0.39 is 18.0 Å². The van der Waals surface area contributed by atoms with Gasteiger partial charge in [0.25, 0.3) is 0 Å². The third kappa shape index (κ3) is 6.79. The van der Waals surface area contributed by atoms with Crippen LogP contribution in [0.2, 0.25) is 0 Å². The van der Waals surface area contributed by atoms with Crippen LogP contribution in [0.25, 0.3) is 11.1 Å². The summed E-state index contributed by atoms with van der Waals surface area (Å²) in [4.78, 5) is 36.7. The summed E-state index contributed by atoms with van der Waals surface area (Å²) in [5.74, 6) is -1.18. The van der Waals surface area contributed by atoms with Crippen LogP contribution in [0.3, 0.4) is 0 Å². The van der Waals surface area contributed by atoms with Gasteiger partial charge in [-0.1, -0.05) is 49.7 Å². The van der Waals surface area contributed by atoms with Crippen molar-refractivity contribution in [1.29, 1.82) is 0 Å². The zero-order valence-corrected chi connectivity index (χ0v) is 20.4. The molecule has 1 aliphatic heterocycles. The SMILES string of the molecule is CCCCc1ccc(NC(=O)Nc2ccc(-c3ccc(C(=O)OC(=O)[C@H]4CCCN4)cc3)cc2)cc1. The summed E-state index contributed by atoms with van der Waals surface area (Å²) in [5.41, 5.74) is 4.81. The lowest BCUT2D eigenvalue weighted by Gasteiger charge is -2.10. The van der Waals surface area contributed by atoms with Gasteiger partial charge in [-0.3, -0.25) is 0 Å². The third-order valence-corrected chi connectivity index (χ3v) is 6.17. The number of hydrogen-bond donors (Lipinski definition) is 3. The number of anilines is 2. The monoisotopic (exact) mass is 485 g/mol. The topological polar surface area (TPSA) is 96.5 Å².